The van der Waals surface area contributed by atoms with Gasteiger partial charge in [0.05, 0.1) is 5.69 Å². The van der Waals surface area contributed by atoms with E-state index in [2.05, 4.69) is 15.0 Å². The molecular weight excluding hydrogens is 348 g/mol. The fraction of sp³-hybridized carbons (Fsp3) is 0.286. The molecule has 1 amide bonds. The lowest BCUT2D eigenvalue weighted by molar-refractivity contribution is -0.116. The molecule has 0 aliphatic heterocycles. The van der Waals surface area contributed by atoms with Crippen molar-refractivity contribution in [3.63, 3.8) is 0 Å². The maximum absolute atomic E-state index is 12.1. The first kappa shape index (κ1) is 19.3. The number of thiazole rings is 1. The van der Waals surface area contributed by atoms with Gasteiger partial charge in [0, 0.05) is 23.4 Å². The molecule has 0 aliphatic rings. The van der Waals surface area contributed by atoms with Gasteiger partial charge in [-0.15, -0.1) is 23.7 Å². The Hall–Kier alpha value is -1.77. The molecule has 23 heavy (non-hydrogen) atoms. The van der Waals surface area contributed by atoms with E-state index in [9.17, 15) is 13.6 Å². The molecular formula is C14H16ClF2N3O2S. The summed E-state index contributed by atoms with van der Waals surface area (Å²) in [6, 6.07) is 5.91. The second-order valence-corrected chi connectivity index (χ2v) is 5.53. The van der Waals surface area contributed by atoms with Gasteiger partial charge < -0.3 is 15.8 Å². The number of nitrogens with zero attached hydrogens (tertiary/aromatic N) is 1. The molecule has 1 atom stereocenters. The SMILES string of the molecule is CC(N)CC(=O)Nc1nc(-c2ccc(OC(F)F)cc2)cs1.Cl. The zero-order valence-electron chi connectivity index (χ0n) is 12.2. The number of hydrogen-bond donors (Lipinski definition) is 2. The number of nitrogens with two attached hydrogens (primary N) is 1. The van der Waals surface area contributed by atoms with Crippen molar-refractivity contribution in [1.82, 2.24) is 4.98 Å². The molecule has 0 aliphatic carbocycles. The summed E-state index contributed by atoms with van der Waals surface area (Å²) in [7, 11) is 0. The highest BCUT2D eigenvalue weighted by molar-refractivity contribution is 7.14. The van der Waals surface area contributed by atoms with Crippen LogP contribution in [-0.2, 0) is 4.79 Å². The lowest BCUT2D eigenvalue weighted by Gasteiger charge is -2.05. The molecule has 0 saturated heterocycles. The van der Waals surface area contributed by atoms with Gasteiger partial charge in [-0.1, -0.05) is 0 Å². The van der Waals surface area contributed by atoms with E-state index < -0.39 is 6.61 Å². The van der Waals surface area contributed by atoms with Crippen LogP contribution >= 0.6 is 23.7 Å². The third kappa shape index (κ3) is 6.09. The summed E-state index contributed by atoms with van der Waals surface area (Å²) in [4.78, 5) is 15.9. The topological polar surface area (TPSA) is 77.2 Å². The molecule has 0 saturated carbocycles. The lowest BCUT2D eigenvalue weighted by Crippen LogP contribution is -2.23. The van der Waals surface area contributed by atoms with E-state index in [0.29, 0.717) is 10.8 Å². The van der Waals surface area contributed by atoms with Crippen molar-refractivity contribution in [3.8, 4) is 17.0 Å². The Bertz CT molecular complexity index is 635. The minimum Gasteiger partial charge on any atom is -0.435 e. The number of carbonyl (C=O) groups is 1. The fourth-order valence-electron chi connectivity index (χ4n) is 1.73. The van der Waals surface area contributed by atoms with Crippen LogP contribution in [-0.4, -0.2) is 23.5 Å². The average Bonchev–Trinajstić information content (AvgIpc) is 2.86. The minimum absolute atomic E-state index is 0. The van der Waals surface area contributed by atoms with E-state index >= 15 is 0 Å². The predicted octanol–water partition coefficient (Wildman–Crippen LogP) is 3.51. The van der Waals surface area contributed by atoms with Gasteiger partial charge in [-0.05, 0) is 31.2 Å². The van der Waals surface area contributed by atoms with E-state index in [-0.39, 0.29) is 36.5 Å². The first-order valence-corrected chi connectivity index (χ1v) is 7.38. The minimum atomic E-state index is -2.85. The largest absolute Gasteiger partial charge is 0.435 e. The number of ether oxygens (including phenoxy) is 1. The van der Waals surface area contributed by atoms with E-state index in [1.807, 2.05) is 0 Å². The average molecular weight is 364 g/mol. The monoisotopic (exact) mass is 363 g/mol. The van der Waals surface area contributed by atoms with Crippen LogP contribution in [0.5, 0.6) is 5.75 Å². The number of benzene rings is 1. The molecule has 1 unspecified atom stereocenters. The smallest absolute Gasteiger partial charge is 0.387 e. The first-order valence-electron chi connectivity index (χ1n) is 6.50. The number of nitrogens with one attached hydrogen (secondary N) is 1. The van der Waals surface area contributed by atoms with Crippen LogP contribution in [0.25, 0.3) is 11.3 Å². The van der Waals surface area contributed by atoms with Crippen LogP contribution in [0.2, 0.25) is 0 Å². The van der Waals surface area contributed by atoms with E-state index in [0.717, 1.165) is 5.56 Å². The molecule has 0 radical (unpaired) electrons. The number of rotatable bonds is 6. The van der Waals surface area contributed by atoms with Gasteiger partial charge in [-0.25, -0.2) is 4.98 Å². The summed E-state index contributed by atoms with van der Waals surface area (Å²) in [5.41, 5.74) is 6.93. The van der Waals surface area contributed by atoms with Crippen LogP contribution in [0.15, 0.2) is 29.6 Å². The standard InChI is InChI=1S/C14H15F2N3O2S.ClH/c1-8(17)6-12(20)19-14-18-11(7-22-14)9-2-4-10(5-3-9)21-13(15)16;/h2-5,7-8,13H,6,17H2,1H3,(H,18,19,20);1H. The molecule has 5 nitrogen and oxygen atoms in total. The Balaban J connectivity index is 0.00000264. The highest BCUT2D eigenvalue weighted by atomic mass is 35.5. The van der Waals surface area contributed by atoms with E-state index in [1.165, 1.54) is 23.5 Å². The van der Waals surface area contributed by atoms with Crippen molar-refractivity contribution < 1.29 is 18.3 Å². The summed E-state index contributed by atoms with van der Waals surface area (Å²) in [6.07, 6.45) is 0.217. The van der Waals surface area contributed by atoms with Crippen molar-refractivity contribution in [2.75, 3.05) is 5.32 Å². The lowest BCUT2D eigenvalue weighted by atomic mass is 10.2. The second kappa shape index (κ2) is 8.76. The zero-order valence-corrected chi connectivity index (χ0v) is 13.8. The van der Waals surface area contributed by atoms with Crippen molar-refractivity contribution in [1.29, 1.82) is 0 Å². The van der Waals surface area contributed by atoms with Crippen molar-refractivity contribution in [2.24, 2.45) is 5.73 Å². The van der Waals surface area contributed by atoms with Gasteiger partial charge in [0.2, 0.25) is 5.91 Å². The highest BCUT2D eigenvalue weighted by Crippen LogP contribution is 2.27. The van der Waals surface area contributed by atoms with Crippen LogP contribution in [0, 0.1) is 0 Å². The first-order chi connectivity index (χ1) is 10.4. The molecule has 2 aromatic rings. The van der Waals surface area contributed by atoms with Gasteiger partial charge in [-0.3, -0.25) is 4.79 Å². The molecule has 126 valence electrons. The fourth-order valence-corrected chi connectivity index (χ4v) is 2.47. The predicted molar refractivity (Wildman–Crippen MR) is 88.3 cm³/mol. The number of amides is 1. The quantitative estimate of drug-likeness (QED) is 0.823. The number of alkyl halides is 2. The third-order valence-corrected chi connectivity index (χ3v) is 3.39. The van der Waals surface area contributed by atoms with Crippen LogP contribution in [0.4, 0.5) is 13.9 Å². The molecule has 0 spiro atoms. The molecule has 1 aromatic heterocycles. The zero-order chi connectivity index (χ0) is 16.1. The van der Waals surface area contributed by atoms with E-state index in [1.54, 1.807) is 24.4 Å². The molecule has 2 rings (SSSR count). The molecule has 1 aromatic carbocycles. The number of hydrogen-bond acceptors (Lipinski definition) is 5. The highest BCUT2D eigenvalue weighted by Gasteiger charge is 2.10. The Morgan fingerprint density at radius 2 is 2.04 bits per heavy atom. The Morgan fingerprint density at radius 1 is 1.39 bits per heavy atom. The normalized spacial score (nSPS) is 11.7. The number of anilines is 1. The molecule has 0 bridgehead atoms. The van der Waals surface area contributed by atoms with Crippen LogP contribution < -0.4 is 15.8 Å². The third-order valence-electron chi connectivity index (χ3n) is 2.63. The number of halogens is 3. The molecule has 1 heterocycles. The van der Waals surface area contributed by atoms with Crippen molar-refractivity contribution in [3.05, 3.63) is 29.6 Å². The van der Waals surface area contributed by atoms with Crippen LogP contribution in [0.1, 0.15) is 13.3 Å². The molecule has 9 heteroatoms. The van der Waals surface area contributed by atoms with Crippen molar-refractivity contribution in [2.45, 2.75) is 26.0 Å². The van der Waals surface area contributed by atoms with E-state index in [4.69, 9.17) is 5.73 Å². The van der Waals surface area contributed by atoms with Gasteiger partial charge in [0.1, 0.15) is 5.75 Å². The second-order valence-electron chi connectivity index (χ2n) is 4.67. The molecule has 3 N–H and O–H groups in total. The summed E-state index contributed by atoms with van der Waals surface area (Å²) >= 11 is 1.28. The summed E-state index contributed by atoms with van der Waals surface area (Å²) in [5, 5.41) is 4.90. The summed E-state index contributed by atoms with van der Waals surface area (Å²) < 4.78 is 28.4. The Labute approximate surface area is 142 Å². The van der Waals surface area contributed by atoms with Gasteiger partial charge in [0.15, 0.2) is 5.13 Å². The van der Waals surface area contributed by atoms with Gasteiger partial charge in [-0.2, -0.15) is 8.78 Å². The molecule has 0 fully saturated rings. The summed E-state index contributed by atoms with van der Waals surface area (Å²) in [6.45, 7) is -1.10. The van der Waals surface area contributed by atoms with Crippen molar-refractivity contribution >= 4 is 34.8 Å². The Kier molecular flexibility index (Phi) is 7.34. The van der Waals surface area contributed by atoms with Crippen LogP contribution in [0.3, 0.4) is 0 Å². The maximum atomic E-state index is 12.1. The van der Waals surface area contributed by atoms with Gasteiger partial charge >= 0.3 is 6.61 Å². The summed E-state index contributed by atoms with van der Waals surface area (Å²) in [5.74, 6) is -0.115. The number of aromatic nitrogens is 1. The maximum Gasteiger partial charge on any atom is 0.387 e. The number of carbonyl (C=O) groups excluding carboxylic acids is 1. The van der Waals surface area contributed by atoms with Gasteiger partial charge in [0.25, 0.3) is 0 Å². The Morgan fingerprint density at radius 3 is 2.61 bits per heavy atom.